The average Bonchev–Trinajstić information content (AvgIpc) is 3.20. The van der Waals surface area contributed by atoms with Gasteiger partial charge in [0.05, 0.1) is 5.70 Å². The minimum absolute atomic E-state index is 0.523. The maximum atomic E-state index is 7.63. The highest BCUT2D eigenvalue weighted by Crippen LogP contribution is 2.32. The highest BCUT2D eigenvalue weighted by molar-refractivity contribution is 6.44. The van der Waals surface area contributed by atoms with Crippen LogP contribution in [0.1, 0.15) is 47.8 Å². The number of aryl methyl sites for hydroxylation is 1. The zero-order valence-electron chi connectivity index (χ0n) is 17.3. The van der Waals surface area contributed by atoms with Crippen molar-refractivity contribution in [3.8, 4) is 0 Å². The number of rotatable bonds is 7. The van der Waals surface area contributed by atoms with Gasteiger partial charge in [0.1, 0.15) is 5.82 Å². The molecule has 4 rings (SSSR count). The van der Waals surface area contributed by atoms with E-state index < -0.39 is 0 Å². The van der Waals surface area contributed by atoms with Crippen molar-refractivity contribution in [1.82, 2.24) is 9.88 Å². The fourth-order valence-corrected chi connectivity index (χ4v) is 4.75. The maximum Gasteiger partial charge on any atom is 0.158 e. The molecule has 0 amide bonds. The van der Waals surface area contributed by atoms with E-state index in [1.165, 1.54) is 29.7 Å². The zero-order valence-corrected chi connectivity index (χ0v) is 17.3. The van der Waals surface area contributed by atoms with Crippen LogP contribution in [0, 0.1) is 5.53 Å². The van der Waals surface area contributed by atoms with Crippen molar-refractivity contribution in [2.75, 3.05) is 32.0 Å². The molecule has 2 N–H and O–H groups in total. The molecule has 2 aliphatic rings. The Hall–Kier alpha value is -2.47. The van der Waals surface area contributed by atoms with Crippen molar-refractivity contribution in [2.24, 2.45) is 5.11 Å². The summed E-state index contributed by atoms with van der Waals surface area (Å²) in [6.45, 7) is 2.86. The third kappa shape index (κ3) is 4.76. The van der Waals surface area contributed by atoms with Gasteiger partial charge in [0.25, 0.3) is 0 Å². The summed E-state index contributed by atoms with van der Waals surface area (Å²) in [5.74, 6) is 4.25. The fourth-order valence-electron chi connectivity index (χ4n) is 4.75. The van der Waals surface area contributed by atoms with E-state index in [2.05, 4.69) is 57.7 Å². The summed E-state index contributed by atoms with van der Waals surface area (Å²) in [4.78, 5) is 7.15. The van der Waals surface area contributed by atoms with Crippen LogP contribution in [-0.2, 0) is 6.42 Å². The van der Waals surface area contributed by atoms with Gasteiger partial charge in [-0.05, 0) is 67.8 Å². The molecule has 5 nitrogen and oxygen atoms in total. The van der Waals surface area contributed by atoms with Crippen LogP contribution in [0.2, 0.25) is 0 Å². The normalized spacial score (nSPS) is 20.3. The van der Waals surface area contributed by atoms with Gasteiger partial charge in [-0.3, -0.25) is 4.90 Å². The number of aromatic nitrogens is 1. The molecule has 0 radical (unpaired) electrons. The number of hydrogen-bond acceptors (Lipinski definition) is 5. The predicted octanol–water partition coefficient (Wildman–Crippen LogP) is 4.30. The lowest BCUT2D eigenvalue weighted by Gasteiger charge is -2.31. The Morgan fingerprint density at radius 1 is 1.21 bits per heavy atom. The number of pyridine rings is 1. The quantitative estimate of drug-likeness (QED) is 0.550. The van der Waals surface area contributed by atoms with E-state index in [9.17, 15) is 0 Å². The molecule has 1 saturated heterocycles. The monoisotopic (exact) mass is 387 g/mol. The molecule has 0 spiro atoms. The second-order valence-corrected chi connectivity index (χ2v) is 8.23. The number of nitrogens with one attached hydrogen (secondary N) is 2. The third-order valence-corrected chi connectivity index (χ3v) is 6.46. The highest BCUT2D eigenvalue weighted by atomic mass is 15.2. The molecule has 1 atom stereocenters. The molecule has 1 aliphatic heterocycles. The number of anilines is 1. The Bertz CT molecular complexity index is 873. The van der Waals surface area contributed by atoms with Crippen molar-refractivity contribution < 1.29 is 0 Å². The number of fused-ring (bicyclic) bond motifs is 1. The summed E-state index contributed by atoms with van der Waals surface area (Å²) in [7, 11) is 2.91. The maximum absolute atomic E-state index is 7.63. The van der Waals surface area contributed by atoms with E-state index in [4.69, 9.17) is 10.5 Å². The lowest BCUT2D eigenvalue weighted by molar-refractivity contribution is 0.225. The van der Waals surface area contributed by atoms with Crippen molar-refractivity contribution in [3.63, 3.8) is 0 Å². The van der Waals surface area contributed by atoms with E-state index >= 15 is 0 Å². The SMILES string of the molecule is CNc1cccc(C2CCN(C/C(=C/BC3CCc4ccccc43)N=N)CC2)n1. The Balaban J connectivity index is 1.31. The molecule has 6 heteroatoms. The van der Waals surface area contributed by atoms with Crippen LogP contribution in [0.5, 0.6) is 0 Å². The van der Waals surface area contributed by atoms with Crippen LogP contribution in [0.3, 0.4) is 0 Å². The molecule has 0 bridgehead atoms. The number of likely N-dealkylation sites (tertiary alicyclic amines) is 1. The van der Waals surface area contributed by atoms with Gasteiger partial charge in [0, 0.05) is 25.2 Å². The lowest BCUT2D eigenvalue weighted by Crippen LogP contribution is -2.34. The minimum Gasteiger partial charge on any atom is -0.373 e. The van der Waals surface area contributed by atoms with Crippen molar-refractivity contribution in [3.05, 3.63) is 71.0 Å². The summed E-state index contributed by atoms with van der Waals surface area (Å²) in [5.41, 5.74) is 12.7. The Morgan fingerprint density at radius 3 is 2.83 bits per heavy atom. The van der Waals surface area contributed by atoms with Crippen molar-refractivity contribution >= 4 is 13.1 Å². The van der Waals surface area contributed by atoms with E-state index in [0.717, 1.165) is 51.3 Å². The number of nitrogens with zero attached hydrogens (tertiary/aromatic N) is 3. The first-order valence-corrected chi connectivity index (χ1v) is 10.8. The molecule has 29 heavy (non-hydrogen) atoms. The first kappa shape index (κ1) is 19.8. The Labute approximate surface area is 174 Å². The van der Waals surface area contributed by atoms with Gasteiger partial charge >= 0.3 is 0 Å². The van der Waals surface area contributed by atoms with Gasteiger partial charge in [-0.1, -0.05) is 36.3 Å². The molecule has 2 aromatic rings. The van der Waals surface area contributed by atoms with Crippen LogP contribution in [0.4, 0.5) is 5.82 Å². The van der Waals surface area contributed by atoms with E-state index in [1.807, 2.05) is 13.1 Å². The van der Waals surface area contributed by atoms with Gasteiger partial charge in [-0.15, -0.1) is 0 Å². The van der Waals surface area contributed by atoms with E-state index in [-0.39, 0.29) is 0 Å². The van der Waals surface area contributed by atoms with Gasteiger partial charge < -0.3 is 5.32 Å². The summed E-state index contributed by atoms with van der Waals surface area (Å²) in [5, 5.41) is 6.98. The van der Waals surface area contributed by atoms with Crippen LogP contribution < -0.4 is 5.32 Å². The molecule has 1 aliphatic carbocycles. The summed E-state index contributed by atoms with van der Waals surface area (Å²) >= 11 is 0. The molecule has 150 valence electrons. The summed E-state index contributed by atoms with van der Waals surface area (Å²) in [6, 6.07) is 15.0. The largest absolute Gasteiger partial charge is 0.373 e. The molecule has 0 saturated carbocycles. The molecule has 1 unspecified atom stereocenters. The highest BCUT2D eigenvalue weighted by Gasteiger charge is 2.24. The number of piperidine rings is 1. The molecule has 2 heterocycles. The Morgan fingerprint density at radius 2 is 2.03 bits per heavy atom. The zero-order chi connectivity index (χ0) is 20.1. The van der Waals surface area contributed by atoms with Crippen LogP contribution >= 0.6 is 0 Å². The van der Waals surface area contributed by atoms with E-state index in [0.29, 0.717) is 11.7 Å². The third-order valence-electron chi connectivity index (χ3n) is 6.46. The number of benzene rings is 1. The van der Waals surface area contributed by atoms with Crippen LogP contribution in [0.15, 0.2) is 59.3 Å². The molecule has 1 fully saturated rings. The van der Waals surface area contributed by atoms with Crippen molar-refractivity contribution in [2.45, 2.75) is 37.4 Å². The van der Waals surface area contributed by atoms with Gasteiger partial charge in [-0.25, -0.2) is 10.5 Å². The first-order valence-electron chi connectivity index (χ1n) is 10.8. The topological polar surface area (TPSA) is 64.4 Å². The average molecular weight is 387 g/mol. The minimum atomic E-state index is 0.523. The van der Waals surface area contributed by atoms with Gasteiger partial charge in [0.2, 0.25) is 0 Å². The first-order chi connectivity index (χ1) is 14.3. The van der Waals surface area contributed by atoms with Crippen LogP contribution in [-0.4, -0.2) is 43.8 Å². The fraction of sp³-hybridized carbons (Fsp3) is 0.435. The lowest BCUT2D eigenvalue weighted by atomic mass is 9.61. The second kappa shape index (κ2) is 9.36. The summed E-state index contributed by atoms with van der Waals surface area (Å²) < 4.78 is 0. The molecular formula is C23H30BN5. The Kier molecular flexibility index (Phi) is 6.40. The second-order valence-electron chi connectivity index (χ2n) is 8.23. The van der Waals surface area contributed by atoms with Gasteiger partial charge in [0.15, 0.2) is 7.28 Å². The molecule has 1 aromatic heterocycles. The predicted molar refractivity (Wildman–Crippen MR) is 120 cm³/mol. The number of hydrogen-bond donors (Lipinski definition) is 2. The smallest absolute Gasteiger partial charge is 0.158 e. The van der Waals surface area contributed by atoms with E-state index in [1.54, 1.807) is 0 Å². The summed E-state index contributed by atoms with van der Waals surface area (Å²) in [6.07, 6.45) is 4.62. The standard InChI is InChI=1S/C23H30BN5/c1-26-23-8-4-7-22(27-23)18-11-13-29(14-12-18)16-19(28-25)15-24-21-10-9-17-5-2-3-6-20(17)21/h2-8,15,18,21,24-25H,9-14,16H2,1H3,(H,26,27)/b19-15-,28-25?. The molecule has 1 aromatic carbocycles. The molecular weight excluding hydrogens is 357 g/mol. The van der Waals surface area contributed by atoms with Crippen molar-refractivity contribution in [1.29, 1.82) is 5.53 Å². The van der Waals surface area contributed by atoms with Gasteiger partial charge in [-0.2, -0.15) is 5.11 Å². The van der Waals surface area contributed by atoms with Crippen LogP contribution in [0.25, 0.3) is 0 Å².